The van der Waals surface area contributed by atoms with Crippen molar-refractivity contribution < 1.29 is 14.3 Å². The molecular formula is C20H30N2O3. The van der Waals surface area contributed by atoms with Crippen LogP contribution < -0.4 is 4.74 Å². The minimum absolute atomic E-state index is 0.315. The number of ether oxygens (including phenoxy) is 2. The molecule has 0 spiro atoms. The van der Waals surface area contributed by atoms with E-state index >= 15 is 0 Å². The molecule has 2 aliphatic rings. The summed E-state index contributed by atoms with van der Waals surface area (Å²) in [5, 5.41) is 0. The maximum absolute atomic E-state index is 12.4. The van der Waals surface area contributed by atoms with Crippen LogP contribution in [0.4, 0.5) is 0 Å². The highest BCUT2D eigenvalue weighted by Gasteiger charge is 2.22. The van der Waals surface area contributed by atoms with Crippen molar-refractivity contribution in [3.05, 3.63) is 29.8 Å². The molecule has 5 nitrogen and oxygen atoms in total. The predicted molar refractivity (Wildman–Crippen MR) is 97.6 cm³/mol. The fraction of sp³-hybridized carbons (Fsp3) is 0.650. The SMILES string of the molecule is COc1ccc(CN2CCN(C(=O)CCC3CCCOC3)CC2)cc1. The van der Waals surface area contributed by atoms with E-state index in [-0.39, 0.29) is 0 Å². The average molecular weight is 346 g/mol. The third-order valence-electron chi connectivity index (χ3n) is 5.31. The minimum atomic E-state index is 0.315. The highest BCUT2D eigenvalue weighted by molar-refractivity contribution is 5.76. The summed E-state index contributed by atoms with van der Waals surface area (Å²) in [4.78, 5) is 16.9. The average Bonchev–Trinajstić information content (AvgIpc) is 2.68. The Bertz CT molecular complexity index is 532. The van der Waals surface area contributed by atoms with E-state index in [4.69, 9.17) is 9.47 Å². The lowest BCUT2D eigenvalue weighted by atomic mass is 9.96. The van der Waals surface area contributed by atoms with Crippen molar-refractivity contribution in [3.63, 3.8) is 0 Å². The van der Waals surface area contributed by atoms with Gasteiger partial charge in [0.2, 0.25) is 5.91 Å². The molecule has 1 amide bonds. The number of carbonyl (C=O) groups excluding carboxylic acids is 1. The fourth-order valence-corrected chi connectivity index (χ4v) is 3.67. The third kappa shape index (κ3) is 5.44. The molecule has 25 heavy (non-hydrogen) atoms. The summed E-state index contributed by atoms with van der Waals surface area (Å²) in [6, 6.07) is 8.24. The summed E-state index contributed by atoms with van der Waals surface area (Å²) in [5.41, 5.74) is 1.29. The summed E-state index contributed by atoms with van der Waals surface area (Å²) in [5.74, 6) is 1.78. The molecule has 0 bridgehead atoms. The summed E-state index contributed by atoms with van der Waals surface area (Å²) in [7, 11) is 1.69. The first-order valence-corrected chi connectivity index (χ1v) is 9.45. The Morgan fingerprint density at radius 2 is 1.96 bits per heavy atom. The van der Waals surface area contributed by atoms with Crippen molar-refractivity contribution in [2.24, 2.45) is 5.92 Å². The molecule has 1 atom stereocenters. The number of piperazine rings is 1. The lowest BCUT2D eigenvalue weighted by molar-refractivity contribution is -0.133. The lowest BCUT2D eigenvalue weighted by Crippen LogP contribution is -2.48. The molecule has 0 radical (unpaired) electrons. The van der Waals surface area contributed by atoms with Gasteiger partial charge in [0, 0.05) is 52.4 Å². The van der Waals surface area contributed by atoms with E-state index in [1.807, 2.05) is 17.0 Å². The normalized spacial score (nSPS) is 22.0. The lowest BCUT2D eigenvalue weighted by Gasteiger charge is -2.35. The van der Waals surface area contributed by atoms with Gasteiger partial charge in [0.25, 0.3) is 0 Å². The number of amides is 1. The molecule has 1 aromatic carbocycles. The second-order valence-corrected chi connectivity index (χ2v) is 7.13. The van der Waals surface area contributed by atoms with E-state index in [1.54, 1.807) is 7.11 Å². The number of methoxy groups -OCH3 is 1. The number of carbonyl (C=O) groups is 1. The van der Waals surface area contributed by atoms with E-state index in [1.165, 1.54) is 12.0 Å². The van der Waals surface area contributed by atoms with Gasteiger partial charge in [-0.2, -0.15) is 0 Å². The molecule has 2 fully saturated rings. The van der Waals surface area contributed by atoms with Crippen molar-refractivity contribution >= 4 is 5.91 Å². The monoisotopic (exact) mass is 346 g/mol. The van der Waals surface area contributed by atoms with E-state index in [0.29, 0.717) is 18.2 Å². The maximum atomic E-state index is 12.4. The molecule has 2 saturated heterocycles. The Morgan fingerprint density at radius 3 is 2.60 bits per heavy atom. The Balaban J connectivity index is 1.37. The molecule has 5 heteroatoms. The van der Waals surface area contributed by atoms with Crippen LogP contribution in [-0.2, 0) is 16.1 Å². The molecule has 138 valence electrons. The first kappa shape index (κ1) is 18.2. The zero-order valence-electron chi connectivity index (χ0n) is 15.3. The molecule has 0 N–H and O–H groups in total. The second-order valence-electron chi connectivity index (χ2n) is 7.13. The Morgan fingerprint density at radius 1 is 1.20 bits per heavy atom. The van der Waals surface area contributed by atoms with Gasteiger partial charge < -0.3 is 14.4 Å². The largest absolute Gasteiger partial charge is 0.497 e. The number of hydrogen-bond acceptors (Lipinski definition) is 4. The second kappa shape index (κ2) is 9.20. The topological polar surface area (TPSA) is 42.0 Å². The van der Waals surface area contributed by atoms with Gasteiger partial charge in [-0.25, -0.2) is 0 Å². The van der Waals surface area contributed by atoms with Crippen LogP contribution in [0.15, 0.2) is 24.3 Å². The van der Waals surface area contributed by atoms with Crippen LogP contribution in [0.1, 0.15) is 31.2 Å². The van der Waals surface area contributed by atoms with E-state index in [2.05, 4.69) is 17.0 Å². The summed E-state index contributed by atoms with van der Waals surface area (Å²) in [6.45, 7) is 6.25. The first-order chi connectivity index (χ1) is 12.2. The van der Waals surface area contributed by atoms with Gasteiger partial charge in [0.1, 0.15) is 5.75 Å². The van der Waals surface area contributed by atoms with Crippen molar-refractivity contribution in [1.29, 1.82) is 0 Å². The van der Waals surface area contributed by atoms with Crippen LogP contribution >= 0.6 is 0 Å². The van der Waals surface area contributed by atoms with Gasteiger partial charge in [0.15, 0.2) is 0 Å². The minimum Gasteiger partial charge on any atom is -0.497 e. The van der Waals surface area contributed by atoms with Gasteiger partial charge >= 0.3 is 0 Å². The smallest absolute Gasteiger partial charge is 0.222 e. The van der Waals surface area contributed by atoms with Crippen LogP contribution in [0.3, 0.4) is 0 Å². The van der Waals surface area contributed by atoms with Crippen LogP contribution in [0, 0.1) is 5.92 Å². The number of nitrogens with zero attached hydrogens (tertiary/aromatic N) is 2. The number of rotatable bonds is 6. The van der Waals surface area contributed by atoms with Gasteiger partial charge in [-0.3, -0.25) is 9.69 Å². The van der Waals surface area contributed by atoms with Crippen molar-refractivity contribution in [1.82, 2.24) is 9.80 Å². The molecule has 3 rings (SSSR count). The summed E-state index contributed by atoms with van der Waals surface area (Å²) < 4.78 is 10.7. The molecular weight excluding hydrogens is 316 g/mol. The van der Waals surface area contributed by atoms with Gasteiger partial charge in [-0.15, -0.1) is 0 Å². The van der Waals surface area contributed by atoms with E-state index in [9.17, 15) is 4.79 Å². The molecule has 2 heterocycles. The molecule has 0 saturated carbocycles. The van der Waals surface area contributed by atoms with Gasteiger partial charge in [-0.05, 0) is 42.9 Å². The summed E-state index contributed by atoms with van der Waals surface area (Å²) >= 11 is 0. The molecule has 1 unspecified atom stereocenters. The molecule has 0 aliphatic carbocycles. The standard InChI is InChI=1S/C20H30N2O3/c1-24-19-7-4-17(5-8-19)15-21-10-12-22(13-11-21)20(23)9-6-18-3-2-14-25-16-18/h4-5,7-8,18H,2-3,6,9-16H2,1H3. The highest BCUT2D eigenvalue weighted by atomic mass is 16.5. The quantitative estimate of drug-likeness (QED) is 0.794. The Labute approximate surface area is 150 Å². The van der Waals surface area contributed by atoms with Crippen LogP contribution in [0.25, 0.3) is 0 Å². The summed E-state index contributed by atoms with van der Waals surface area (Å²) in [6.07, 6.45) is 4.00. The van der Waals surface area contributed by atoms with Crippen LogP contribution in [0.2, 0.25) is 0 Å². The Hall–Kier alpha value is -1.59. The number of benzene rings is 1. The predicted octanol–water partition coefficient (Wildman–Crippen LogP) is 2.55. The third-order valence-corrected chi connectivity index (χ3v) is 5.31. The van der Waals surface area contributed by atoms with Crippen LogP contribution in [-0.4, -0.2) is 62.2 Å². The fourth-order valence-electron chi connectivity index (χ4n) is 3.67. The molecule has 0 aromatic heterocycles. The van der Waals surface area contributed by atoms with Crippen LogP contribution in [0.5, 0.6) is 5.75 Å². The zero-order chi connectivity index (χ0) is 17.5. The zero-order valence-corrected chi connectivity index (χ0v) is 15.3. The van der Waals surface area contributed by atoms with Crippen molar-refractivity contribution in [3.8, 4) is 5.75 Å². The highest BCUT2D eigenvalue weighted by Crippen LogP contribution is 2.20. The maximum Gasteiger partial charge on any atom is 0.222 e. The molecule has 2 aliphatic heterocycles. The van der Waals surface area contributed by atoms with E-state index < -0.39 is 0 Å². The van der Waals surface area contributed by atoms with Crippen molar-refractivity contribution in [2.45, 2.75) is 32.2 Å². The number of hydrogen-bond donors (Lipinski definition) is 0. The first-order valence-electron chi connectivity index (χ1n) is 9.45. The Kier molecular flexibility index (Phi) is 6.70. The van der Waals surface area contributed by atoms with Gasteiger partial charge in [-0.1, -0.05) is 12.1 Å². The van der Waals surface area contributed by atoms with E-state index in [0.717, 1.165) is 64.5 Å². The molecule has 1 aromatic rings. The van der Waals surface area contributed by atoms with Crippen molar-refractivity contribution in [2.75, 3.05) is 46.5 Å². The van der Waals surface area contributed by atoms with Gasteiger partial charge in [0.05, 0.1) is 7.11 Å².